The van der Waals surface area contributed by atoms with E-state index >= 15 is 0 Å². The Balaban J connectivity index is 1.79. The van der Waals surface area contributed by atoms with E-state index in [4.69, 9.17) is 27.6 Å². The van der Waals surface area contributed by atoms with Crippen LogP contribution in [-0.4, -0.2) is 47.6 Å². The Morgan fingerprint density at radius 1 is 0.966 bits per heavy atom. The van der Waals surface area contributed by atoms with Crippen LogP contribution in [0.4, 0.5) is 9.80 Å². The Labute approximate surface area is 184 Å². The number of urea groups is 1. The van der Waals surface area contributed by atoms with Gasteiger partial charge in [-0.15, -0.1) is 0 Å². The first-order chi connectivity index (χ1) is 13.9. The van der Waals surface area contributed by atoms with E-state index in [-0.39, 0.29) is 6.03 Å². The number of halogens is 2. The summed E-state index contributed by atoms with van der Waals surface area (Å²) in [5.74, 6) is 0. The SMILES string of the molecule is CN1CN(C)C(=O)N(c2snc(Cc3ccc(Cl)cc3)c2-c2ccc(Cl)cc2)C1. The fraction of sp³-hybridized carbons (Fsp3) is 0.238. The van der Waals surface area contributed by atoms with Crippen molar-refractivity contribution >= 4 is 45.8 Å². The zero-order valence-electron chi connectivity index (χ0n) is 16.1. The van der Waals surface area contributed by atoms with E-state index < -0.39 is 0 Å². The van der Waals surface area contributed by atoms with E-state index in [1.807, 2.05) is 62.6 Å². The van der Waals surface area contributed by atoms with E-state index in [0.29, 0.717) is 29.8 Å². The fourth-order valence-electron chi connectivity index (χ4n) is 3.45. The van der Waals surface area contributed by atoms with Gasteiger partial charge in [0.1, 0.15) is 5.00 Å². The van der Waals surface area contributed by atoms with Crippen molar-refractivity contribution in [1.29, 1.82) is 0 Å². The smallest absolute Gasteiger partial charge is 0.314 e. The first kappa shape index (κ1) is 20.2. The van der Waals surface area contributed by atoms with Crippen LogP contribution in [0.2, 0.25) is 10.0 Å². The van der Waals surface area contributed by atoms with Gasteiger partial charge in [-0.1, -0.05) is 47.5 Å². The Morgan fingerprint density at radius 3 is 2.24 bits per heavy atom. The Kier molecular flexibility index (Phi) is 5.79. The molecule has 1 fully saturated rings. The maximum atomic E-state index is 12.9. The van der Waals surface area contributed by atoms with Crippen LogP contribution in [0, 0.1) is 0 Å². The molecule has 0 radical (unpaired) electrons. The van der Waals surface area contributed by atoms with Crippen LogP contribution in [0.15, 0.2) is 48.5 Å². The molecule has 0 aliphatic carbocycles. The van der Waals surface area contributed by atoms with E-state index in [2.05, 4.69) is 4.90 Å². The van der Waals surface area contributed by atoms with E-state index in [1.165, 1.54) is 11.5 Å². The number of anilines is 1. The molecule has 0 bridgehead atoms. The molecule has 150 valence electrons. The zero-order chi connectivity index (χ0) is 20.5. The van der Waals surface area contributed by atoms with Gasteiger partial charge < -0.3 is 4.90 Å². The third-order valence-corrected chi connectivity index (χ3v) is 6.21. The van der Waals surface area contributed by atoms with Gasteiger partial charge in [-0.05, 0) is 54.0 Å². The lowest BCUT2D eigenvalue weighted by Gasteiger charge is -2.38. The first-order valence-electron chi connectivity index (χ1n) is 9.12. The average Bonchev–Trinajstić information content (AvgIpc) is 3.10. The predicted octanol–water partition coefficient (Wildman–Crippen LogP) is 5.43. The summed E-state index contributed by atoms with van der Waals surface area (Å²) in [5, 5.41) is 2.22. The minimum atomic E-state index is -0.0278. The van der Waals surface area contributed by atoms with Gasteiger partial charge in [-0.3, -0.25) is 9.80 Å². The second-order valence-corrected chi connectivity index (χ2v) is 8.79. The second kappa shape index (κ2) is 8.32. The second-order valence-electron chi connectivity index (χ2n) is 7.17. The zero-order valence-corrected chi connectivity index (χ0v) is 18.4. The maximum Gasteiger partial charge on any atom is 0.327 e. The topological polar surface area (TPSA) is 39.7 Å². The summed E-state index contributed by atoms with van der Waals surface area (Å²) in [7, 11) is 3.80. The monoisotopic (exact) mass is 446 g/mol. The third-order valence-electron chi connectivity index (χ3n) is 4.80. The summed E-state index contributed by atoms with van der Waals surface area (Å²) in [6.07, 6.45) is 0.652. The first-order valence-corrected chi connectivity index (χ1v) is 10.7. The Morgan fingerprint density at radius 2 is 1.59 bits per heavy atom. The highest BCUT2D eigenvalue weighted by molar-refractivity contribution is 7.11. The summed E-state index contributed by atoms with van der Waals surface area (Å²) >= 11 is 13.5. The van der Waals surface area contributed by atoms with Crippen LogP contribution in [0.25, 0.3) is 11.1 Å². The van der Waals surface area contributed by atoms with Gasteiger partial charge >= 0.3 is 6.03 Å². The van der Waals surface area contributed by atoms with Crippen molar-refractivity contribution in [2.45, 2.75) is 6.42 Å². The highest BCUT2D eigenvalue weighted by Gasteiger charge is 2.31. The standard InChI is InChI=1S/C21H20Cl2N4OS/c1-25-12-26(2)21(28)27(13-25)20-19(15-5-9-17(23)10-6-15)18(24-29-20)11-14-3-7-16(22)8-4-14/h3-10H,11-13H2,1-2H3. The molecule has 0 unspecified atom stereocenters. The van der Waals surface area contributed by atoms with Crippen molar-refractivity contribution in [1.82, 2.24) is 14.2 Å². The molecule has 0 saturated carbocycles. The number of carbonyl (C=O) groups excluding carboxylic acids is 1. The molecule has 1 saturated heterocycles. The maximum absolute atomic E-state index is 12.9. The molecule has 5 nitrogen and oxygen atoms in total. The lowest BCUT2D eigenvalue weighted by Crippen LogP contribution is -2.55. The van der Waals surface area contributed by atoms with E-state index in [9.17, 15) is 4.79 Å². The molecule has 1 aliphatic heterocycles. The molecule has 8 heteroatoms. The number of carbonyl (C=O) groups is 1. The van der Waals surface area contributed by atoms with Crippen LogP contribution in [-0.2, 0) is 6.42 Å². The number of nitrogens with zero attached hydrogens (tertiary/aromatic N) is 4. The summed E-state index contributed by atoms with van der Waals surface area (Å²) in [4.78, 5) is 18.5. The predicted molar refractivity (Wildman–Crippen MR) is 120 cm³/mol. The van der Waals surface area contributed by atoms with Crippen molar-refractivity contribution in [2.75, 3.05) is 32.3 Å². The number of aromatic nitrogens is 1. The fourth-order valence-corrected chi connectivity index (χ4v) is 4.61. The summed E-state index contributed by atoms with van der Waals surface area (Å²) < 4.78 is 4.74. The Hall–Kier alpha value is -2.12. The number of amides is 2. The molecule has 1 aliphatic rings. The molecule has 2 aromatic carbocycles. The quantitative estimate of drug-likeness (QED) is 0.536. The molecule has 1 aromatic heterocycles. The highest BCUT2D eigenvalue weighted by Crippen LogP contribution is 2.40. The molecule has 0 N–H and O–H groups in total. The lowest BCUT2D eigenvalue weighted by molar-refractivity contribution is 0.149. The molecule has 2 amide bonds. The van der Waals surface area contributed by atoms with Crippen molar-refractivity contribution in [2.24, 2.45) is 0 Å². The van der Waals surface area contributed by atoms with Crippen LogP contribution < -0.4 is 4.90 Å². The van der Waals surface area contributed by atoms with Gasteiger partial charge in [0.2, 0.25) is 0 Å². The molecule has 4 rings (SSSR count). The Bertz CT molecular complexity index is 1020. The number of hydrogen-bond acceptors (Lipinski definition) is 4. The van der Waals surface area contributed by atoms with Crippen molar-refractivity contribution in [3.8, 4) is 11.1 Å². The van der Waals surface area contributed by atoms with E-state index in [1.54, 1.807) is 9.80 Å². The van der Waals surface area contributed by atoms with Crippen LogP contribution >= 0.6 is 34.7 Å². The van der Waals surface area contributed by atoms with Crippen molar-refractivity contribution < 1.29 is 4.79 Å². The largest absolute Gasteiger partial charge is 0.327 e. The molecule has 3 aromatic rings. The summed E-state index contributed by atoms with van der Waals surface area (Å²) in [5.41, 5.74) is 4.00. The molecule has 2 heterocycles. The normalized spacial score (nSPS) is 15.2. The summed E-state index contributed by atoms with van der Waals surface area (Å²) in [6, 6.07) is 15.4. The number of rotatable bonds is 4. The lowest BCUT2D eigenvalue weighted by atomic mass is 10.0. The molecule has 0 atom stereocenters. The van der Waals surface area contributed by atoms with Crippen molar-refractivity contribution in [3.05, 3.63) is 69.8 Å². The average molecular weight is 447 g/mol. The van der Waals surface area contributed by atoms with Crippen molar-refractivity contribution in [3.63, 3.8) is 0 Å². The van der Waals surface area contributed by atoms with Gasteiger partial charge in [0.05, 0.1) is 19.0 Å². The van der Waals surface area contributed by atoms with Gasteiger partial charge in [0.15, 0.2) is 0 Å². The van der Waals surface area contributed by atoms with Gasteiger partial charge in [0.25, 0.3) is 0 Å². The van der Waals surface area contributed by atoms with Crippen LogP contribution in [0.1, 0.15) is 11.3 Å². The molecule has 0 spiro atoms. The number of hydrogen-bond donors (Lipinski definition) is 0. The van der Waals surface area contributed by atoms with Crippen LogP contribution in [0.3, 0.4) is 0 Å². The number of benzene rings is 2. The molecular weight excluding hydrogens is 427 g/mol. The van der Waals surface area contributed by atoms with Gasteiger partial charge in [-0.2, -0.15) is 4.37 Å². The van der Waals surface area contributed by atoms with Gasteiger partial charge in [-0.25, -0.2) is 4.79 Å². The van der Waals surface area contributed by atoms with Crippen LogP contribution in [0.5, 0.6) is 0 Å². The van der Waals surface area contributed by atoms with E-state index in [0.717, 1.165) is 27.4 Å². The minimum Gasteiger partial charge on any atom is -0.314 e. The minimum absolute atomic E-state index is 0.0278. The third kappa shape index (κ3) is 4.26. The molecular formula is C21H20Cl2N4OS. The summed E-state index contributed by atoms with van der Waals surface area (Å²) in [6.45, 7) is 1.12. The highest BCUT2D eigenvalue weighted by atomic mass is 35.5. The molecule has 29 heavy (non-hydrogen) atoms. The van der Waals surface area contributed by atoms with Gasteiger partial charge in [0, 0.05) is 29.1 Å².